The van der Waals surface area contributed by atoms with Crippen molar-refractivity contribution in [3.05, 3.63) is 64.2 Å². The zero-order valence-electron chi connectivity index (χ0n) is 14.8. The molecule has 2 N–H and O–H groups in total. The first kappa shape index (κ1) is 22.4. The van der Waals surface area contributed by atoms with Gasteiger partial charge in [0.15, 0.2) is 0 Å². The molecule has 0 fully saturated rings. The summed E-state index contributed by atoms with van der Waals surface area (Å²) in [7, 11) is 1.61. The van der Waals surface area contributed by atoms with E-state index in [1.165, 1.54) is 18.2 Å². The summed E-state index contributed by atoms with van der Waals surface area (Å²) in [4.78, 5) is 22.9. The van der Waals surface area contributed by atoms with E-state index in [0.717, 1.165) is 0 Å². The molecule has 0 bridgehead atoms. The van der Waals surface area contributed by atoms with Gasteiger partial charge >= 0.3 is 0 Å². The van der Waals surface area contributed by atoms with Gasteiger partial charge in [0, 0.05) is 38.9 Å². The summed E-state index contributed by atoms with van der Waals surface area (Å²) in [5.41, 5.74) is -0.0614. The number of amides is 1. The number of nitrogens with one attached hydrogen (secondary N) is 2. The lowest BCUT2D eigenvalue weighted by Gasteiger charge is -2.12. The molecule has 0 atom stereocenters. The number of carbonyl (C=O) groups is 1. The van der Waals surface area contributed by atoms with Crippen molar-refractivity contribution in [1.29, 1.82) is 0 Å². The monoisotopic (exact) mass is 395 g/mol. The fourth-order valence-electron chi connectivity index (χ4n) is 2.17. The number of nitrogens with zero attached hydrogens (tertiary/aromatic N) is 1. The summed E-state index contributed by atoms with van der Waals surface area (Å²) in [6, 6.07) is 12.9. The maximum atomic E-state index is 12.5. The summed E-state index contributed by atoms with van der Waals surface area (Å²) in [5, 5.41) is 16.8. The molecule has 0 spiro atoms. The lowest BCUT2D eigenvalue weighted by molar-refractivity contribution is -0.384. The van der Waals surface area contributed by atoms with Gasteiger partial charge in [0.25, 0.3) is 11.6 Å². The number of non-ortho nitro benzene ring substituents is 1. The van der Waals surface area contributed by atoms with Gasteiger partial charge in [-0.05, 0) is 18.2 Å². The van der Waals surface area contributed by atoms with Crippen molar-refractivity contribution in [2.45, 2.75) is 0 Å². The predicted octanol–water partition coefficient (Wildman–Crippen LogP) is 2.77. The lowest BCUT2D eigenvalue weighted by atomic mass is 10.1. The van der Waals surface area contributed by atoms with Crippen molar-refractivity contribution in [3.63, 3.8) is 0 Å². The highest BCUT2D eigenvalue weighted by atomic mass is 35.5. The molecule has 0 saturated carbocycles. The van der Waals surface area contributed by atoms with Gasteiger partial charge in [0.2, 0.25) is 0 Å². The topological polar surface area (TPSA) is 103 Å². The van der Waals surface area contributed by atoms with Crippen molar-refractivity contribution in [1.82, 2.24) is 10.6 Å². The molecule has 0 aliphatic heterocycles. The average Bonchev–Trinajstić information content (AvgIpc) is 2.65. The molecule has 0 aliphatic carbocycles. The second-order valence-electron chi connectivity index (χ2n) is 5.35. The van der Waals surface area contributed by atoms with E-state index >= 15 is 0 Å². The quantitative estimate of drug-likeness (QED) is 0.364. The van der Waals surface area contributed by atoms with Gasteiger partial charge < -0.3 is 20.1 Å². The highest BCUT2D eigenvalue weighted by molar-refractivity contribution is 5.97. The van der Waals surface area contributed by atoms with Crippen molar-refractivity contribution in [3.8, 4) is 11.5 Å². The summed E-state index contributed by atoms with van der Waals surface area (Å²) < 4.78 is 10.6. The van der Waals surface area contributed by atoms with Gasteiger partial charge in [-0.3, -0.25) is 14.9 Å². The summed E-state index contributed by atoms with van der Waals surface area (Å²) >= 11 is 0. The van der Waals surface area contributed by atoms with E-state index in [0.29, 0.717) is 32.0 Å². The van der Waals surface area contributed by atoms with Crippen LogP contribution in [-0.2, 0) is 4.74 Å². The minimum absolute atomic E-state index is 0. The summed E-state index contributed by atoms with van der Waals surface area (Å²) in [6.07, 6.45) is 0. The zero-order chi connectivity index (χ0) is 18.8. The molecule has 1 amide bonds. The van der Waals surface area contributed by atoms with Crippen LogP contribution in [0.25, 0.3) is 0 Å². The molecular formula is C18H22ClN3O5. The van der Waals surface area contributed by atoms with Gasteiger partial charge in [0.05, 0.1) is 17.1 Å². The first-order chi connectivity index (χ1) is 12.6. The van der Waals surface area contributed by atoms with Crippen LogP contribution >= 0.6 is 12.4 Å². The lowest BCUT2D eigenvalue weighted by Crippen LogP contribution is -2.33. The van der Waals surface area contributed by atoms with Crippen molar-refractivity contribution in [2.24, 2.45) is 0 Å². The maximum Gasteiger partial charge on any atom is 0.270 e. The Morgan fingerprint density at radius 2 is 1.85 bits per heavy atom. The van der Waals surface area contributed by atoms with Crippen LogP contribution in [0.1, 0.15) is 10.4 Å². The molecule has 27 heavy (non-hydrogen) atoms. The molecule has 0 saturated heterocycles. The molecular weight excluding hydrogens is 374 g/mol. The van der Waals surface area contributed by atoms with Crippen LogP contribution in [0.4, 0.5) is 5.69 Å². The Kier molecular flexibility index (Phi) is 9.81. The molecule has 2 rings (SSSR count). The number of rotatable bonds is 10. The number of nitro benzene ring substituents is 1. The smallest absolute Gasteiger partial charge is 0.270 e. The number of carbonyl (C=O) groups excluding carboxylic acids is 1. The number of hydrogen-bond acceptors (Lipinski definition) is 6. The van der Waals surface area contributed by atoms with Crippen LogP contribution in [0.2, 0.25) is 0 Å². The van der Waals surface area contributed by atoms with E-state index in [1.807, 2.05) is 6.07 Å². The van der Waals surface area contributed by atoms with Crippen LogP contribution in [0.15, 0.2) is 48.5 Å². The van der Waals surface area contributed by atoms with Gasteiger partial charge in [-0.25, -0.2) is 0 Å². The normalized spacial score (nSPS) is 9.96. The Morgan fingerprint density at radius 1 is 1.11 bits per heavy atom. The molecule has 8 nitrogen and oxygen atoms in total. The molecule has 146 valence electrons. The fourth-order valence-corrected chi connectivity index (χ4v) is 2.17. The highest BCUT2D eigenvalue weighted by Crippen LogP contribution is 2.28. The standard InChI is InChI=1S/C18H21N3O5.ClH/c1-25-12-11-19-9-10-20-18(22)16-13-14(21(23)24)7-8-17(16)26-15-5-3-2-4-6-15;/h2-8,13,19H,9-12H2,1H3,(H,20,22);1H. The number of nitro groups is 1. The Labute approximate surface area is 163 Å². The zero-order valence-corrected chi connectivity index (χ0v) is 15.7. The van der Waals surface area contributed by atoms with Crippen LogP contribution in [0.3, 0.4) is 0 Å². The van der Waals surface area contributed by atoms with E-state index in [-0.39, 0.29) is 29.4 Å². The third-order valence-electron chi connectivity index (χ3n) is 3.46. The first-order valence-electron chi connectivity index (χ1n) is 8.11. The summed E-state index contributed by atoms with van der Waals surface area (Å²) in [5.74, 6) is 0.358. The second-order valence-corrected chi connectivity index (χ2v) is 5.35. The van der Waals surface area contributed by atoms with E-state index in [9.17, 15) is 14.9 Å². The van der Waals surface area contributed by atoms with Crippen LogP contribution in [-0.4, -0.2) is 44.2 Å². The van der Waals surface area contributed by atoms with Gasteiger partial charge in [-0.15, -0.1) is 12.4 Å². The van der Waals surface area contributed by atoms with E-state index < -0.39 is 10.8 Å². The third-order valence-corrected chi connectivity index (χ3v) is 3.46. The van der Waals surface area contributed by atoms with Gasteiger partial charge in [-0.2, -0.15) is 0 Å². The van der Waals surface area contributed by atoms with Gasteiger partial charge in [-0.1, -0.05) is 18.2 Å². The number of ether oxygens (including phenoxy) is 2. The van der Waals surface area contributed by atoms with E-state index in [1.54, 1.807) is 31.4 Å². The van der Waals surface area contributed by atoms with Gasteiger partial charge in [0.1, 0.15) is 11.5 Å². The van der Waals surface area contributed by atoms with E-state index in [2.05, 4.69) is 10.6 Å². The molecule has 0 unspecified atom stereocenters. The number of methoxy groups -OCH3 is 1. The molecule has 9 heteroatoms. The molecule has 0 radical (unpaired) electrons. The summed E-state index contributed by atoms with van der Waals surface area (Å²) in [6.45, 7) is 2.17. The number of halogens is 1. The van der Waals surface area contributed by atoms with Crippen molar-refractivity contribution >= 4 is 24.0 Å². The molecule has 0 aromatic heterocycles. The molecule has 2 aromatic carbocycles. The number of para-hydroxylation sites is 1. The molecule has 2 aromatic rings. The minimum Gasteiger partial charge on any atom is -0.457 e. The van der Waals surface area contributed by atoms with Crippen molar-refractivity contribution in [2.75, 3.05) is 33.4 Å². The minimum atomic E-state index is -0.546. The highest BCUT2D eigenvalue weighted by Gasteiger charge is 2.18. The van der Waals surface area contributed by atoms with Crippen LogP contribution in [0.5, 0.6) is 11.5 Å². The number of hydrogen-bond donors (Lipinski definition) is 2. The third kappa shape index (κ3) is 7.22. The Balaban J connectivity index is 0.00000364. The van der Waals surface area contributed by atoms with Crippen LogP contribution in [0, 0.1) is 10.1 Å². The maximum absolute atomic E-state index is 12.5. The molecule has 0 heterocycles. The largest absolute Gasteiger partial charge is 0.457 e. The Bertz CT molecular complexity index is 743. The second kappa shape index (κ2) is 11.8. The van der Waals surface area contributed by atoms with E-state index in [4.69, 9.17) is 9.47 Å². The van der Waals surface area contributed by atoms with Crippen molar-refractivity contribution < 1.29 is 19.2 Å². The SMILES string of the molecule is COCCNCCNC(=O)c1cc([N+](=O)[O-])ccc1Oc1ccccc1.Cl. The Hall–Kier alpha value is -2.68. The Morgan fingerprint density at radius 3 is 2.52 bits per heavy atom. The predicted molar refractivity (Wildman–Crippen MR) is 104 cm³/mol. The first-order valence-corrected chi connectivity index (χ1v) is 8.11. The average molecular weight is 396 g/mol. The van der Waals surface area contributed by atoms with Crippen LogP contribution < -0.4 is 15.4 Å². The molecule has 0 aliphatic rings. The number of benzene rings is 2. The fraction of sp³-hybridized carbons (Fsp3) is 0.278.